The molecule has 4 rings (SSSR count). The van der Waals surface area contributed by atoms with Crippen LogP contribution in [0.5, 0.6) is 11.5 Å². The Morgan fingerprint density at radius 2 is 1.80 bits per heavy atom. The Balaban J connectivity index is 1.63. The molecule has 4 aromatic carbocycles. The third-order valence-corrected chi connectivity index (χ3v) is 5.91. The fourth-order valence-corrected chi connectivity index (χ4v) is 4.04. The van der Waals surface area contributed by atoms with Gasteiger partial charge < -0.3 is 14.8 Å². The molecule has 0 saturated carbocycles. The van der Waals surface area contributed by atoms with Gasteiger partial charge in [-0.25, -0.2) is 0 Å². The molecule has 7 heteroatoms. The number of rotatable bonds is 7. The molecule has 0 heterocycles. The predicted octanol–water partition coefficient (Wildman–Crippen LogP) is 7.28. The molecule has 174 valence electrons. The van der Waals surface area contributed by atoms with Crippen molar-refractivity contribution in [3.05, 3.63) is 106 Å². The Morgan fingerprint density at radius 3 is 2.57 bits per heavy atom. The summed E-state index contributed by atoms with van der Waals surface area (Å²) >= 11 is 12.3. The average molecular weight is 503 g/mol. The Labute approximate surface area is 213 Å². The van der Waals surface area contributed by atoms with E-state index >= 15 is 0 Å². The number of nitrogens with zero attached hydrogens (tertiary/aromatic N) is 1. The van der Waals surface area contributed by atoms with E-state index in [0.717, 1.165) is 16.3 Å². The van der Waals surface area contributed by atoms with E-state index in [1.807, 2.05) is 42.5 Å². The number of fused-ring (bicyclic) bond motifs is 1. The van der Waals surface area contributed by atoms with Gasteiger partial charge in [-0.05, 0) is 35.7 Å². The van der Waals surface area contributed by atoms with E-state index in [0.29, 0.717) is 32.8 Å². The van der Waals surface area contributed by atoms with Crippen molar-refractivity contribution in [1.29, 1.82) is 5.26 Å². The van der Waals surface area contributed by atoms with Crippen LogP contribution in [-0.2, 0) is 11.4 Å². The van der Waals surface area contributed by atoms with Gasteiger partial charge in [-0.2, -0.15) is 5.26 Å². The number of anilines is 1. The van der Waals surface area contributed by atoms with Gasteiger partial charge in [0.1, 0.15) is 18.2 Å². The molecule has 0 aliphatic rings. The number of amides is 1. The zero-order valence-electron chi connectivity index (χ0n) is 18.7. The lowest BCUT2D eigenvalue weighted by Crippen LogP contribution is -2.13. The van der Waals surface area contributed by atoms with Crippen molar-refractivity contribution < 1.29 is 14.3 Å². The first-order valence-corrected chi connectivity index (χ1v) is 11.4. The Bertz CT molecular complexity index is 1470. The number of halogens is 2. The summed E-state index contributed by atoms with van der Waals surface area (Å²) in [5, 5.41) is 15.5. The number of benzene rings is 4. The highest BCUT2D eigenvalue weighted by Crippen LogP contribution is 2.34. The molecular weight excluding hydrogens is 483 g/mol. The fourth-order valence-electron chi connectivity index (χ4n) is 3.58. The van der Waals surface area contributed by atoms with Crippen LogP contribution in [0.4, 0.5) is 5.69 Å². The molecule has 0 fully saturated rings. The van der Waals surface area contributed by atoms with Crippen LogP contribution in [0.2, 0.25) is 10.0 Å². The summed E-state index contributed by atoms with van der Waals surface area (Å²) in [6, 6.07) is 25.6. The fraction of sp³-hybridized carbons (Fsp3) is 0.0714. The zero-order chi connectivity index (χ0) is 24.8. The summed E-state index contributed by atoms with van der Waals surface area (Å²) in [6.07, 6.45) is 1.47. The minimum absolute atomic E-state index is 0.0828. The van der Waals surface area contributed by atoms with E-state index in [2.05, 4.69) is 5.32 Å². The summed E-state index contributed by atoms with van der Waals surface area (Å²) in [5.74, 6) is 0.306. The SMILES string of the molecule is COc1cccc(/C=C(\C#N)C(=O)Nc2cccc3ccccc23)c1OCc1ccc(Cl)cc1Cl. The van der Waals surface area contributed by atoms with Crippen molar-refractivity contribution >= 4 is 51.6 Å². The van der Waals surface area contributed by atoms with E-state index in [1.165, 1.54) is 13.2 Å². The number of ether oxygens (including phenoxy) is 2. The van der Waals surface area contributed by atoms with Crippen molar-refractivity contribution in [2.24, 2.45) is 0 Å². The molecule has 4 aromatic rings. The molecular formula is C28H20Cl2N2O3. The highest BCUT2D eigenvalue weighted by molar-refractivity contribution is 6.35. The monoisotopic (exact) mass is 502 g/mol. The van der Waals surface area contributed by atoms with E-state index in [-0.39, 0.29) is 12.2 Å². The van der Waals surface area contributed by atoms with E-state index in [9.17, 15) is 10.1 Å². The van der Waals surface area contributed by atoms with Crippen molar-refractivity contribution in [2.45, 2.75) is 6.61 Å². The third-order valence-electron chi connectivity index (χ3n) is 5.32. The Kier molecular flexibility index (Phi) is 7.57. The number of para-hydroxylation sites is 1. The van der Waals surface area contributed by atoms with Crippen LogP contribution >= 0.6 is 23.2 Å². The van der Waals surface area contributed by atoms with Gasteiger partial charge in [-0.1, -0.05) is 77.8 Å². The van der Waals surface area contributed by atoms with E-state index in [4.69, 9.17) is 32.7 Å². The summed E-state index contributed by atoms with van der Waals surface area (Å²) in [7, 11) is 1.52. The largest absolute Gasteiger partial charge is 0.493 e. The van der Waals surface area contributed by atoms with Crippen LogP contribution in [0.15, 0.2) is 84.4 Å². The second kappa shape index (κ2) is 11.0. The van der Waals surface area contributed by atoms with Gasteiger partial charge in [0.15, 0.2) is 11.5 Å². The standard InChI is InChI=1S/C28H20Cl2N2O3/c1-34-26-11-5-8-19(27(26)35-17-20-12-13-22(29)15-24(20)30)14-21(16-31)28(33)32-25-10-4-7-18-6-2-3-9-23(18)25/h2-15H,17H2,1H3,(H,32,33)/b21-14+. The number of carbonyl (C=O) groups excluding carboxylic acids is 1. The first-order chi connectivity index (χ1) is 17.0. The number of methoxy groups -OCH3 is 1. The van der Waals surface area contributed by atoms with Gasteiger partial charge in [0.2, 0.25) is 0 Å². The van der Waals surface area contributed by atoms with Crippen LogP contribution in [0, 0.1) is 11.3 Å². The van der Waals surface area contributed by atoms with E-state index in [1.54, 1.807) is 42.5 Å². The predicted molar refractivity (Wildman–Crippen MR) is 140 cm³/mol. The quantitative estimate of drug-likeness (QED) is 0.213. The number of hydrogen-bond acceptors (Lipinski definition) is 4. The third kappa shape index (κ3) is 5.58. The normalized spacial score (nSPS) is 11.1. The van der Waals surface area contributed by atoms with Crippen LogP contribution in [0.25, 0.3) is 16.8 Å². The van der Waals surface area contributed by atoms with Crippen molar-refractivity contribution in [2.75, 3.05) is 12.4 Å². The highest BCUT2D eigenvalue weighted by atomic mass is 35.5. The van der Waals surface area contributed by atoms with Gasteiger partial charge in [-0.15, -0.1) is 0 Å². The lowest BCUT2D eigenvalue weighted by atomic mass is 10.1. The number of nitriles is 1. The van der Waals surface area contributed by atoms with Gasteiger partial charge >= 0.3 is 0 Å². The molecule has 0 bridgehead atoms. The molecule has 5 nitrogen and oxygen atoms in total. The molecule has 1 amide bonds. The number of carbonyl (C=O) groups is 1. The molecule has 0 radical (unpaired) electrons. The maximum Gasteiger partial charge on any atom is 0.266 e. The molecule has 0 spiro atoms. The van der Waals surface area contributed by atoms with Gasteiger partial charge in [0.05, 0.1) is 7.11 Å². The molecule has 35 heavy (non-hydrogen) atoms. The van der Waals surface area contributed by atoms with Gasteiger partial charge in [0, 0.05) is 32.2 Å². The molecule has 0 saturated heterocycles. The molecule has 0 aromatic heterocycles. The minimum atomic E-state index is -0.529. The van der Waals surface area contributed by atoms with Crippen LogP contribution in [-0.4, -0.2) is 13.0 Å². The van der Waals surface area contributed by atoms with E-state index < -0.39 is 5.91 Å². The first-order valence-electron chi connectivity index (χ1n) is 10.6. The molecule has 0 aliphatic carbocycles. The zero-order valence-corrected chi connectivity index (χ0v) is 20.2. The Hall–Kier alpha value is -3.98. The van der Waals surface area contributed by atoms with Crippen molar-refractivity contribution in [3.8, 4) is 17.6 Å². The smallest absolute Gasteiger partial charge is 0.266 e. The minimum Gasteiger partial charge on any atom is -0.493 e. The molecule has 1 N–H and O–H groups in total. The summed E-state index contributed by atoms with van der Waals surface area (Å²) < 4.78 is 11.5. The molecule has 0 aliphatic heterocycles. The van der Waals surface area contributed by atoms with Gasteiger partial charge in [0.25, 0.3) is 5.91 Å². The molecule has 0 unspecified atom stereocenters. The van der Waals surface area contributed by atoms with Crippen LogP contribution < -0.4 is 14.8 Å². The van der Waals surface area contributed by atoms with Gasteiger partial charge in [-0.3, -0.25) is 4.79 Å². The average Bonchev–Trinajstić information content (AvgIpc) is 2.87. The van der Waals surface area contributed by atoms with Crippen LogP contribution in [0.3, 0.4) is 0 Å². The second-order valence-corrected chi connectivity index (χ2v) is 8.40. The first kappa shape index (κ1) is 24.2. The topological polar surface area (TPSA) is 71.3 Å². The highest BCUT2D eigenvalue weighted by Gasteiger charge is 2.16. The summed E-state index contributed by atoms with van der Waals surface area (Å²) in [4.78, 5) is 13.0. The summed E-state index contributed by atoms with van der Waals surface area (Å²) in [6.45, 7) is 0.140. The maximum atomic E-state index is 13.0. The lowest BCUT2D eigenvalue weighted by Gasteiger charge is -2.14. The molecule has 0 atom stereocenters. The lowest BCUT2D eigenvalue weighted by molar-refractivity contribution is -0.112. The van der Waals surface area contributed by atoms with Crippen molar-refractivity contribution in [3.63, 3.8) is 0 Å². The summed E-state index contributed by atoms with van der Waals surface area (Å²) in [5.41, 5.74) is 1.78. The van der Waals surface area contributed by atoms with Crippen molar-refractivity contribution in [1.82, 2.24) is 0 Å². The van der Waals surface area contributed by atoms with Crippen LogP contribution in [0.1, 0.15) is 11.1 Å². The second-order valence-electron chi connectivity index (χ2n) is 7.55. The Morgan fingerprint density at radius 1 is 1.03 bits per heavy atom. The number of nitrogens with one attached hydrogen (secondary N) is 1. The maximum absolute atomic E-state index is 13.0. The number of hydrogen-bond donors (Lipinski definition) is 1.